The van der Waals surface area contributed by atoms with Gasteiger partial charge in [-0.15, -0.1) is 0 Å². The second-order valence-electron chi connectivity index (χ2n) is 14.3. The molecule has 8 aromatic rings. The SMILES string of the molecule is c1ccc(C2(c3ccccc3)c3cc(N4CCc5ccccc54)ccc3-c3c2c2ccc(N4CCc5ccccc54)cc2c2ccccc32)cc1. The number of fused-ring (bicyclic) bond motifs is 10. The number of hydrogen-bond acceptors (Lipinski definition) is 2. The van der Waals surface area contributed by atoms with E-state index in [0.29, 0.717) is 0 Å². The molecule has 2 heteroatoms. The van der Waals surface area contributed by atoms with Crippen LogP contribution in [0.2, 0.25) is 0 Å². The van der Waals surface area contributed by atoms with Gasteiger partial charge in [0.1, 0.15) is 0 Å². The predicted molar refractivity (Wildman–Crippen MR) is 213 cm³/mol. The summed E-state index contributed by atoms with van der Waals surface area (Å²) < 4.78 is 0. The van der Waals surface area contributed by atoms with Gasteiger partial charge >= 0.3 is 0 Å². The van der Waals surface area contributed by atoms with Gasteiger partial charge in [0.15, 0.2) is 0 Å². The molecular weight excluding hydrogens is 617 g/mol. The molecule has 0 fully saturated rings. The molecule has 0 unspecified atom stereocenters. The van der Waals surface area contributed by atoms with Gasteiger partial charge in [-0.05, 0) is 115 Å². The lowest BCUT2D eigenvalue weighted by molar-refractivity contribution is 0.775. The first kappa shape index (κ1) is 28.7. The van der Waals surface area contributed by atoms with Crippen LogP contribution in [0, 0.1) is 0 Å². The monoisotopic (exact) mass is 652 g/mol. The zero-order chi connectivity index (χ0) is 33.5. The summed E-state index contributed by atoms with van der Waals surface area (Å²) in [6, 6.07) is 64.0. The fourth-order valence-corrected chi connectivity index (χ4v) is 9.73. The summed E-state index contributed by atoms with van der Waals surface area (Å²) in [7, 11) is 0. The number of hydrogen-bond donors (Lipinski definition) is 0. The molecule has 51 heavy (non-hydrogen) atoms. The minimum absolute atomic E-state index is 0.521. The molecule has 3 aliphatic rings. The number of nitrogens with zero attached hydrogens (tertiary/aromatic N) is 2. The fourth-order valence-electron chi connectivity index (χ4n) is 9.73. The second-order valence-corrected chi connectivity index (χ2v) is 14.3. The lowest BCUT2D eigenvalue weighted by Crippen LogP contribution is -2.29. The van der Waals surface area contributed by atoms with Crippen molar-refractivity contribution in [3.05, 3.63) is 203 Å². The Bertz CT molecular complexity index is 2620. The minimum atomic E-state index is -0.521. The van der Waals surface area contributed by atoms with Crippen molar-refractivity contribution in [1.29, 1.82) is 0 Å². The summed E-state index contributed by atoms with van der Waals surface area (Å²) in [6.07, 6.45) is 2.14. The third kappa shape index (κ3) is 3.99. The molecule has 0 amide bonds. The van der Waals surface area contributed by atoms with Crippen molar-refractivity contribution in [3.63, 3.8) is 0 Å². The Balaban J connectivity index is 1.25. The van der Waals surface area contributed by atoms with Crippen molar-refractivity contribution in [2.75, 3.05) is 22.9 Å². The molecule has 0 radical (unpaired) electrons. The van der Waals surface area contributed by atoms with Crippen LogP contribution in [0.15, 0.2) is 170 Å². The largest absolute Gasteiger partial charge is 0.341 e. The van der Waals surface area contributed by atoms with Gasteiger partial charge in [-0.25, -0.2) is 0 Å². The van der Waals surface area contributed by atoms with E-state index in [1.54, 1.807) is 0 Å². The summed E-state index contributed by atoms with van der Waals surface area (Å²) in [5, 5.41) is 5.25. The van der Waals surface area contributed by atoms with Crippen LogP contribution in [-0.2, 0) is 18.3 Å². The third-order valence-corrected chi connectivity index (χ3v) is 11.9. The molecule has 242 valence electrons. The van der Waals surface area contributed by atoms with E-state index >= 15 is 0 Å². The van der Waals surface area contributed by atoms with E-state index in [4.69, 9.17) is 0 Å². The van der Waals surface area contributed by atoms with Crippen LogP contribution in [0.3, 0.4) is 0 Å². The van der Waals surface area contributed by atoms with E-state index in [1.165, 1.54) is 88.8 Å². The van der Waals surface area contributed by atoms with Crippen molar-refractivity contribution in [2.24, 2.45) is 0 Å². The summed E-state index contributed by atoms with van der Waals surface area (Å²) in [5.41, 5.74) is 15.5. The Morgan fingerprint density at radius 2 is 0.941 bits per heavy atom. The molecule has 0 saturated heterocycles. The van der Waals surface area contributed by atoms with Crippen molar-refractivity contribution in [1.82, 2.24) is 0 Å². The van der Waals surface area contributed by atoms with E-state index in [1.807, 2.05) is 0 Å². The van der Waals surface area contributed by atoms with Crippen LogP contribution in [0.5, 0.6) is 0 Å². The van der Waals surface area contributed by atoms with Crippen LogP contribution in [0.25, 0.3) is 32.7 Å². The zero-order valence-electron chi connectivity index (χ0n) is 28.4. The van der Waals surface area contributed by atoms with Gasteiger partial charge in [-0.3, -0.25) is 0 Å². The molecule has 0 spiro atoms. The first-order chi connectivity index (χ1) is 25.3. The van der Waals surface area contributed by atoms with Gasteiger partial charge in [0.05, 0.1) is 5.41 Å². The van der Waals surface area contributed by atoms with Gasteiger partial charge in [0.25, 0.3) is 0 Å². The zero-order valence-corrected chi connectivity index (χ0v) is 28.4. The maximum absolute atomic E-state index is 2.52. The molecule has 1 aliphatic carbocycles. The topological polar surface area (TPSA) is 6.48 Å². The average molecular weight is 653 g/mol. The van der Waals surface area contributed by atoms with Gasteiger partial charge in [-0.1, -0.05) is 133 Å². The van der Waals surface area contributed by atoms with Crippen molar-refractivity contribution in [2.45, 2.75) is 18.3 Å². The van der Waals surface area contributed by atoms with Gasteiger partial charge in [-0.2, -0.15) is 0 Å². The van der Waals surface area contributed by atoms with Crippen LogP contribution in [0.4, 0.5) is 22.7 Å². The van der Waals surface area contributed by atoms with E-state index in [0.717, 1.165) is 25.9 Å². The van der Waals surface area contributed by atoms with Crippen molar-refractivity contribution >= 4 is 44.3 Å². The van der Waals surface area contributed by atoms with Crippen LogP contribution in [0.1, 0.15) is 33.4 Å². The molecule has 0 bridgehead atoms. The molecular formula is C49H36N2. The average Bonchev–Trinajstić information content (AvgIpc) is 3.92. The summed E-state index contributed by atoms with van der Waals surface area (Å²) in [5.74, 6) is 0. The van der Waals surface area contributed by atoms with E-state index in [9.17, 15) is 0 Å². The summed E-state index contributed by atoms with van der Waals surface area (Å²) >= 11 is 0. The van der Waals surface area contributed by atoms with Crippen molar-refractivity contribution in [3.8, 4) is 11.1 Å². The highest BCUT2D eigenvalue weighted by molar-refractivity contribution is 6.20. The standard InChI is InChI=1S/C49H36N2/c1-3-15-35(16-4-1)49(36-17-5-2-6-18-36)44-32-38(51-30-28-34-14-8-12-22-46(34)51)24-26-42(44)47-40-20-10-9-19-39(40)43-31-37(23-25-41(43)48(47)49)50-29-27-33-13-7-11-21-45(33)50/h1-26,31-32H,27-30H2. The summed E-state index contributed by atoms with van der Waals surface area (Å²) in [6.45, 7) is 1.99. The van der Waals surface area contributed by atoms with E-state index in [2.05, 4.69) is 180 Å². The number of para-hydroxylation sites is 2. The Morgan fingerprint density at radius 1 is 0.412 bits per heavy atom. The van der Waals surface area contributed by atoms with Crippen molar-refractivity contribution < 1.29 is 0 Å². The highest BCUT2D eigenvalue weighted by atomic mass is 15.2. The van der Waals surface area contributed by atoms with Gasteiger partial charge < -0.3 is 9.80 Å². The van der Waals surface area contributed by atoms with Crippen LogP contribution in [-0.4, -0.2) is 13.1 Å². The predicted octanol–water partition coefficient (Wildman–Crippen LogP) is 11.7. The Hall–Kier alpha value is -6.12. The maximum atomic E-state index is 2.52. The molecule has 8 aromatic carbocycles. The number of rotatable bonds is 4. The van der Waals surface area contributed by atoms with E-state index < -0.39 is 5.41 Å². The first-order valence-electron chi connectivity index (χ1n) is 18.3. The molecule has 11 rings (SSSR count). The quantitative estimate of drug-likeness (QED) is 0.175. The smallest absolute Gasteiger partial charge is 0.0720 e. The Labute approximate surface area is 298 Å². The molecule has 0 saturated carbocycles. The molecule has 2 nitrogen and oxygen atoms in total. The Kier molecular flexibility index (Phi) is 6.15. The molecule has 0 aromatic heterocycles. The number of anilines is 4. The first-order valence-corrected chi connectivity index (χ1v) is 18.3. The highest BCUT2D eigenvalue weighted by Gasteiger charge is 2.48. The lowest BCUT2D eigenvalue weighted by atomic mass is 9.66. The molecule has 2 aliphatic heterocycles. The second kappa shape index (κ2) is 10.9. The van der Waals surface area contributed by atoms with Gasteiger partial charge in [0.2, 0.25) is 0 Å². The molecule has 2 heterocycles. The fraction of sp³-hybridized carbons (Fsp3) is 0.102. The minimum Gasteiger partial charge on any atom is -0.341 e. The normalized spacial score (nSPS) is 15.2. The molecule has 0 N–H and O–H groups in total. The highest BCUT2D eigenvalue weighted by Crippen LogP contribution is 2.61. The van der Waals surface area contributed by atoms with Crippen LogP contribution >= 0.6 is 0 Å². The molecule has 0 atom stereocenters. The van der Waals surface area contributed by atoms with E-state index in [-0.39, 0.29) is 0 Å². The van der Waals surface area contributed by atoms with Gasteiger partial charge in [0, 0.05) is 35.8 Å². The Morgan fingerprint density at radius 3 is 1.59 bits per heavy atom. The maximum Gasteiger partial charge on any atom is 0.0720 e. The third-order valence-electron chi connectivity index (χ3n) is 11.9. The summed E-state index contributed by atoms with van der Waals surface area (Å²) in [4.78, 5) is 5.03. The van der Waals surface area contributed by atoms with Crippen LogP contribution < -0.4 is 9.80 Å². The number of benzene rings is 8. The lowest BCUT2D eigenvalue weighted by Gasteiger charge is -2.35.